The molecule has 0 bridgehead atoms. The summed E-state index contributed by atoms with van der Waals surface area (Å²) < 4.78 is 6.68. The van der Waals surface area contributed by atoms with E-state index in [-0.39, 0.29) is 11.5 Å². The van der Waals surface area contributed by atoms with Crippen LogP contribution >= 0.6 is 0 Å². The zero-order chi connectivity index (χ0) is 18.0. The summed E-state index contributed by atoms with van der Waals surface area (Å²) in [6.07, 6.45) is 3.82. The van der Waals surface area contributed by atoms with Crippen molar-refractivity contribution in [1.29, 1.82) is 0 Å². The van der Waals surface area contributed by atoms with Crippen LogP contribution in [0.4, 0.5) is 0 Å². The van der Waals surface area contributed by atoms with Crippen LogP contribution in [0.25, 0.3) is 0 Å². The van der Waals surface area contributed by atoms with Crippen LogP contribution in [-0.2, 0) is 9.22 Å². The van der Waals surface area contributed by atoms with E-state index in [0.29, 0.717) is 5.92 Å². The lowest BCUT2D eigenvalue weighted by Crippen LogP contribution is -2.51. The predicted octanol–water partition coefficient (Wildman–Crippen LogP) is 5.58. The Morgan fingerprint density at radius 1 is 1.21 bits per heavy atom. The number of rotatable bonds is 5. The summed E-state index contributed by atoms with van der Waals surface area (Å²) in [4.78, 5) is 11.5. The summed E-state index contributed by atoms with van der Waals surface area (Å²) in [5.41, 5.74) is 0.883. The molecule has 1 aromatic rings. The van der Waals surface area contributed by atoms with Crippen molar-refractivity contribution >= 4 is 14.3 Å². The van der Waals surface area contributed by atoms with Gasteiger partial charge in [0.15, 0.2) is 8.32 Å². The summed E-state index contributed by atoms with van der Waals surface area (Å²) in [5.74, 6) is -0.219. The highest BCUT2D eigenvalue weighted by Crippen LogP contribution is 2.47. The Morgan fingerprint density at radius 3 is 2.21 bits per heavy atom. The normalized spacial score (nSPS) is 25.5. The first-order chi connectivity index (χ1) is 11.0. The quantitative estimate of drug-likeness (QED) is 0.707. The predicted molar refractivity (Wildman–Crippen MR) is 101 cm³/mol. The molecule has 1 saturated carbocycles. The Labute approximate surface area is 147 Å². The number of carbonyl (C=O) groups is 1. The minimum absolute atomic E-state index is 0.0920. The lowest BCUT2D eigenvalue weighted by molar-refractivity contribution is -0.143. The second-order valence-corrected chi connectivity index (χ2v) is 13.5. The van der Waals surface area contributed by atoms with E-state index in [4.69, 9.17) is 4.43 Å². The van der Waals surface area contributed by atoms with Gasteiger partial charge in [-0.05, 0) is 55.3 Å². The first-order valence-electron chi connectivity index (χ1n) is 9.02. The average molecular weight is 349 g/mol. The van der Waals surface area contributed by atoms with Crippen molar-refractivity contribution in [2.24, 2.45) is 0 Å². The topological polar surface area (TPSA) is 46.5 Å². The maximum atomic E-state index is 11.5. The Kier molecular flexibility index (Phi) is 5.60. The Bertz CT molecular complexity index is 552. The van der Waals surface area contributed by atoms with E-state index in [2.05, 4.69) is 58.1 Å². The van der Waals surface area contributed by atoms with Gasteiger partial charge < -0.3 is 9.53 Å². The maximum Gasteiger partial charge on any atom is 0.306 e. The van der Waals surface area contributed by atoms with E-state index < -0.39 is 19.9 Å². The lowest BCUT2D eigenvalue weighted by atomic mass is 9.75. The van der Waals surface area contributed by atoms with Crippen molar-refractivity contribution < 1.29 is 14.3 Å². The van der Waals surface area contributed by atoms with Crippen molar-refractivity contribution in [3.05, 3.63) is 35.9 Å². The first-order valence-corrected chi connectivity index (χ1v) is 11.9. The molecule has 0 saturated heterocycles. The highest BCUT2D eigenvalue weighted by Gasteiger charge is 2.47. The second-order valence-electron chi connectivity index (χ2n) is 8.80. The fourth-order valence-corrected chi connectivity index (χ4v) is 5.15. The fourth-order valence-electron chi connectivity index (χ4n) is 3.49. The van der Waals surface area contributed by atoms with Gasteiger partial charge in [-0.3, -0.25) is 4.79 Å². The number of hydrogen-bond acceptors (Lipinski definition) is 2. The summed E-state index contributed by atoms with van der Waals surface area (Å²) in [5, 5.41) is 9.54. The van der Waals surface area contributed by atoms with Crippen molar-refractivity contribution in [2.45, 2.75) is 82.5 Å². The molecule has 0 unspecified atom stereocenters. The molecule has 0 spiro atoms. The standard InChI is InChI=1S/C20H32O3Si/c1-19(2,3)24(4,5)23-20(15-18(21)22)13-11-17(12-14-20)16-9-7-6-8-10-16/h6-10,17H,11-15H2,1-5H3,(H,21,22)/t17-,20+. The molecule has 1 aliphatic rings. The molecule has 0 heterocycles. The summed E-state index contributed by atoms with van der Waals surface area (Å²) in [6.45, 7) is 11.1. The molecule has 24 heavy (non-hydrogen) atoms. The first kappa shape index (κ1) is 19.2. The van der Waals surface area contributed by atoms with E-state index in [1.54, 1.807) is 0 Å². The van der Waals surface area contributed by atoms with Gasteiger partial charge in [-0.25, -0.2) is 0 Å². The van der Waals surface area contributed by atoms with Gasteiger partial charge >= 0.3 is 5.97 Å². The number of aliphatic carboxylic acids is 1. The van der Waals surface area contributed by atoms with E-state index in [1.807, 2.05) is 6.07 Å². The van der Waals surface area contributed by atoms with Crippen LogP contribution < -0.4 is 0 Å². The van der Waals surface area contributed by atoms with Crippen LogP contribution in [0.2, 0.25) is 18.1 Å². The number of carboxylic acid groups (broad SMARTS) is 1. The molecule has 2 rings (SSSR count). The second kappa shape index (κ2) is 7.01. The van der Waals surface area contributed by atoms with Gasteiger partial charge in [0.1, 0.15) is 0 Å². The molecule has 1 fully saturated rings. The smallest absolute Gasteiger partial charge is 0.306 e. The van der Waals surface area contributed by atoms with Crippen molar-refractivity contribution in [3.63, 3.8) is 0 Å². The molecule has 0 aromatic heterocycles. The van der Waals surface area contributed by atoms with Gasteiger partial charge in [-0.15, -0.1) is 0 Å². The molecule has 0 amide bonds. The zero-order valence-electron chi connectivity index (χ0n) is 15.8. The van der Waals surface area contributed by atoms with Gasteiger partial charge in [-0.2, -0.15) is 0 Å². The highest BCUT2D eigenvalue weighted by atomic mass is 28.4. The van der Waals surface area contributed by atoms with E-state index in [9.17, 15) is 9.90 Å². The third-order valence-electron chi connectivity index (χ3n) is 5.92. The van der Waals surface area contributed by atoms with Crippen LogP contribution in [0.1, 0.15) is 64.4 Å². The fraction of sp³-hybridized carbons (Fsp3) is 0.650. The monoisotopic (exact) mass is 348 g/mol. The number of hydrogen-bond donors (Lipinski definition) is 1. The van der Waals surface area contributed by atoms with Gasteiger partial charge in [0.25, 0.3) is 0 Å². The molecular formula is C20H32O3Si. The average Bonchev–Trinajstić information content (AvgIpc) is 2.46. The molecule has 4 heteroatoms. The molecule has 134 valence electrons. The Balaban J connectivity index is 2.15. The van der Waals surface area contributed by atoms with Gasteiger partial charge in [-0.1, -0.05) is 51.1 Å². The van der Waals surface area contributed by atoms with E-state index in [0.717, 1.165) is 25.7 Å². The molecule has 0 atom stereocenters. The van der Waals surface area contributed by atoms with Crippen LogP contribution in [0.3, 0.4) is 0 Å². The van der Waals surface area contributed by atoms with Crippen molar-refractivity contribution in [3.8, 4) is 0 Å². The summed E-state index contributed by atoms with van der Waals surface area (Å²) >= 11 is 0. The third-order valence-corrected chi connectivity index (χ3v) is 10.5. The SMILES string of the molecule is CC(C)(C)[Si](C)(C)O[C@]1(CC(=O)O)CC[C@H](c2ccccc2)CC1. The van der Waals surface area contributed by atoms with Crippen LogP contribution in [0, 0.1) is 0 Å². The summed E-state index contributed by atoms with van der Waals surface area (Å²) in [6, 6.07) is 10.6. The van der Waals surface area contributed by atoms with Crippen molar-refractivity contribution in [1.82, 2.24) is 0 Å². The summed E-state index contributed by atoms with van der Waals surface area (Å²) in [7, 11) is -2.00. The van der Waals surface area contributed by atoms with Gasteiger partial charge in [0.2, 0.25) is 0 Å². The number of carboxylic acids is 1. The van der Waals surface area contributed by atoms with Gasteiger partial charge in [0.05, 0.1) is 12.0 Å². The zero-order valence-corrected chi connectivity index (χ0v) is 16.8. The Hall–Kier alpha value is -1.13. The van der Waals surface area contributed by atoms with Crippen molar-refractivity contribution in [2.75, 3.05) is 0 Å². The third kappa shape index (κ3) is 4.48. The lowest BCUT2D eigenvalue weighted by Gasteiger charge is -2.48. The molecule has 0 radical (unpaired) electrons. The molecular weight excluding hydrogens is 316 g/mol. The van der Waals surface area contributed by atoms with E-state index in [1.165, 1.54) is 5.56 Å². The minimum Gasteiger partial charge on any atom is -0.481 e. The highest BCUT2D eigenvalue weighted by molar-refractivity contribution is 6.74. The van der Waals surface area contributed by atoms with Crippen LogP contribution in [0.5, 0.6) is 0 Å². The minimum atomic E-state index is -2.00. The molecule has 0 aliphatic heterocycles. The maximum absolute atomic E-state index is 11.5. The Morgan fingerprint density at radius 2 is 1.75 bits per heavy atom. The van der Waals surface area contributed by atoms with Crippen LogP contribution in [0.15, 0.2) is 30.3 Å². The molecule has 1 aliphatic carbocycles. The van der Waals surface area contributed by atoms with E-state index >= 15 is 0 Å². The molecule has 1 aromatic carbocycles. The molecule has 1 N–H and O–H groups in total. The number of benzene rings is 1. The molecule has 3 nitrogen and oxygen atoms in total. The van der Waals surface area contributed by atoms with Gasteiger partial charge in [0, 0.05) is 0 Å². The van der Waals surface area contributed by atoms with Crippen LogP contribution in [-0.4, -0.2) is 25.0 Å². The largest absolute Gasteiger partial charge is 0.481 e.